The Balaban J connectivity index is 1.77. The monoisotopic (exact) mass is 403 g/mol. The summed E-state index contributed by atoms with van der Waals surface area (Å²) in [5, 5.41) is 2.92. The summed E-state index contributed by atoms with van der Waals surface area (Å²) in [7, 11) is 1.56. The minimum absolute atomic E-state index is 0.305. The molecule has 1 aromatic heterocycles. The fraction of sp³-hybridized carbons (Fsp3) is 0.111. The van der Waals surface area contributed by atoms with E-state index in [1.54, 1.807) is 30.6 Å². The first-order chi connectivity index (χ1) is 11.7. The van der Waals surface area contributed by atoms with E-state index >= 15 is 0 Å². The molecule has 3 aromatic rings. The number of rotatable bonds is 6. The summed E-state index contributed by atoms with van der Waals surface area (Å²) in [5.41, 5.74) is 2.42. The first kappa shape index (κ1) is 16.7. The van der Waals surface area contributed by atoms with E-state index in [1.165, 1.54) is 0 Å². The molecule has 0 aliphatic carbocycles. The lowest BCUT2D eigenvalue weighted by Crippen LogP contribution is -1.99. The molecular weight excluding hydrogens is 390 g/mol. The van der Waals surface area contributed by atoms with E-state index in [-0.39, 0.29) is 0 Å². The second-order valence-electron chi connectivity index (χ2n) is 4.94. The molecule has 6 heteroatoms. The van der Waals surface area contributed by atoms with Crippen molar-refractivity contribution in [3.05, 3.63) is 63.6 Å². The Labute approximate surface area is 152 Å². The van der Waals surface area contributed by atoms with Gasteiger partial charge in [0, 0.05) is 21.0 Å². The highest BCUT2D eigenvalue weighted by Crippen LogP contribution is 2.33. The predicted molar refractivity (Wildman–Crippen MR) is 98.0 cm³/mol. The molecule has 122 valence electrons. The van der Waals surface area contributed by atoms with Crippen LogP contribution in [0.2, 0.25) is 0 Å². The van der Waals surface area contributed by atoms with Crippen LogP contribution in [0.25, 0.3) is 10.6 Å². The summed E-state index contributed by atoms with van der Waals surface area (Å²) < 4.78 is 11.8. The number of aromatic nitrogens is 1. The van der Waals surface area contributed by atoms with Crippen LogP contribution >= 0.6 is 27.3 Å². The summed E-state index contributed by atoms with van der Waals surface area (Å²) in [6.45, 7) is 0.305. The number of carbonyl (C=O) groups excluding carboxylic acids is 1. The van der Waals surface area contributed by atoms with Crippen molar-refractivity contribution in [2.75, 3.05) is 7.11 Å². The van der Waals surface area contributed by atoms with Gasteiger partial charge in [-0.25, -0.2) is 4.98 Å². The van der Waals surface area contributed by atoms with Crippen molar-refractivity contribution in [3.8, 4) is 22.1 Å². The molecule has 4 nitrogen and oxygen atoms in total. The molecule has 1 heterocycles. The van der Waals surface area contributed by atoms with Crippen molar-refractivity contribution in [2.45, 2.75) is 6.61 Å². The van der Waals surface area contributed by atoms with E-state index in [0.29, 0.717) is 28.1 Å². The lowest BCUT2D eigenvalue weighted by Gasteiger charge is -2.11. The first-order valence-electron chi connectivity index (χ1n) is 7.16. The average molecular weight is 404 g/mol. The third-order valence-corrected chi connectivity index (χ3v) is 4.98. The van der Waals surface area contributed by atoms with Crippen molar-refractivity contribution >= 4 is 33.6 Å². The lowest BCUT2D eigenvalue weighted by atomic mass is 10.2. The van der Waals surface area contributed by atoms with Gasteiger partial charge in [-0.1, -0.05) is 30.3 Å². The van der Waals surface area contributed by atoms with Gasteiger partial charge in [-0.05, 0) is 28.1 Å². The molecule has 0 N–H and O–H groups in total. The Hall–Kier alpha value is -2.18. The van der Waals surface area contributed by atoms with Crippen LogP contribution in [-0.2, 0) is 6.61 Å². The fourth-order valence-electron chi connectivity index (χ4n) is 2.15. The quantitative estimate of drug-likeness (QED) is 0.544. The number of thiazole rings is 1. The molecule has 24 heavy (non-hydrogen) atoms. The van der Waals surface area contributed by atoms with E-state index in [2.05, 4.69) is 20.9 Å². The summed E-state index contributed by atoms with van der Waals surface area (Å²) >= 11 is 4.90. The number of ether oxygens (including phenoxy) is 2. The van der Waals surface area contributed by atoms with Gasteiger partial charge in [0.1, 0.15) is 11.6 Å². The van der Waals surface area contributed by atoms with E-state index in [1.807, 2.05) is 35.7 Å². The smallest absolute Gasteiger partial charge is 0.162 e. The van der Waals surface area contributed by atoms with Gasteiger partial charge < -0.3 is 9.47 Å². The third kappa shape index (κ3) is 3.66. The van der Waals surface area contributed by atoms with Crippen molar-refractivity contribution in [2.24, 2.45) is 0 Å². The number of hydrogen-bond donors (Lipinski definition) is 0. The van der Waals surface area contributed by atoms with E-state index in [0.717, 1.165) is 22.6 Å². The summed E-state index contributed by atoms with van der Waals surface area (Å²) in [6, 6.07) is 13.4. The van der Waals surface area contributed by atoms with E-state index in [4.69, 9.17) is 9.47 Å². The van der Waals surface area contributed by atoms with Gasteiger partial charge in [-0.3, -0.25) is 4.79 Å². The van der Waals surface area contributed by atoms with Crippen LogP contribution in [0.3, 0.4) is 0 Å². The standard InChI is InChI=1S/C18H14BrNO3S/c1-22-16-8-15(19)13(9-21)7-17(16)23-10-14-11-24-18(20-14)12-5-3-2-4-6-12/h2-9,11H,10H2,1H3. The average Bonchev–Trinajstić information content (AvgIpc) is 3.10. The zero-order valence-corrected chi connectivity index (χ0v) is 15.3. The number of hydrogen-bond acceptors (Lipinski definition) is 5. The molecule has 0 atom stereocenters. The van der Waals surface area contributed by atoms with Gasteiger partial charge in [0.05, 0.1) is 12.8 Å². The van der Waals surface area contributed by atoms with Gasteiger partial charge in [-0.2, -0.15) is 0 Å². The van der Waals surface area contributed by atoms with Crippen LogP contribution in [0.15, 0.2) is 52.3 Å². The normalized spacial score (nSPS) is 10.4. The maximum atomic E-state index is 11.1. The Bertz CT molecular complexity index is 849. The second kappa shape index (κ2) is 7.59. The zero-order valence-electron chi connectivity index (χ0n) is 12.9. The maximum absolute atomic E-state index is 11.1. The van der Waals surface area contributed by atoms with Gasteiger partial charge in [0.25, 0.3) is 0 Å². The number of benzene rings is 2. The lowest BCUT2D eigenvalue weighted by molar-refractivity contribution is 0.112. The Morgan fingerprint density at radius 2 is 2.00 bits per heavy atom. The molecule has 0 radical (unpaired) electrons. The Morgan fingerprint density at radius 1 is 1.21 bits per heavy atom. The molecule has 0 saturated heterocycles. The molecule has 2 aromatic carbocycles. The van der Waals surface area contributed by atoms with Crippen molar-refractivity contribution in [1.82, 2.24) is 4.98 Å². The van der Waals surface area contributed by atoms with Crippen LogP contribution < -0.4 is 9.47 Å². The van der Waals surface area contributed by atoms with Gasteiger partial charge in [0.15, 0.2) is 17.8 Å². The second-order valence-corrected chi connectivity index (χ2v) is 6.65. The molecule has 0 bridgehead atoms. The first-order valence-corrected chi connectivity index (χ1v) is 8.84. The summed E-state index contributed by atoms with van der Waals surface area (Å²) in [4.78, 5) is 15.7. The summed E-state index contributed by atoms with van der Waals surface area (Å²) in [5.74, 6) is 1.07. The number of nitrogens with zero attached hydrogens (tertiary/aromatic N) is 1. The van der Waals surface area contributed by atoms with Crippen LogP contribution in [-0.4, -0.2) is 18.4 Å². The fourth-order valence-corrected chi connectivity index (χ4v) is 3.38. The molecule has 0 spiro atoms. The Morgan fingerprint density at radius 3 is 2.71 bits per heavy atom. The minimum atomic E-state index is 0.305. The highest BCUT2D eigenvalue weighted by Gasteiger charge is 2.11. The van der Waals surface area contributed by atoms with Crippen LogP contribution in [0.4, 0.5) is 0 Å². The van der Waals surface area contributed by atoms with E-state index < -0.39 is 0 Å². The van der Waals surface area contributed by atoms with Gasteiger partial charge >= 0.3 is 0 Å². The molecule has 0 amide bonds. The van der Waals surface area contributed by atoms with Gasteiger partial charge in [-0.15, -0.1) is 11.3 Å². The molecule has 0 aliphatic heterocycles. The topological polar surface area (TPSA) is 48.4 Å². The van der Waals surface area contributed by atoms with Crippen LogP contribution in [0.1, 0.15) is 16.1 Å². The summed E-state index contributed by atoms with van der Waals surface area (Å²) in [6.07, 6.45) is 0.771. The van der Waals surface area contributed by atoms with Crippen molar-refractivity contribution in [1.29, 1.82) is 0 Å². The highest BCUT2D eigenvalue weighted by molar-refractivity contribution is 9.10. The van der Waals surface area contributed by atoms with Crippen molar-refractivity contribution < 1.29 is 14.3 Å². The van der Waals surface area contributed by atoms with Gasteiger partial charge in [0.2, 0.25) is 0 Å². The predicted octanol–water partition coefficient (Wildman–Crippen LogP) is 4.97. The third-order valence-electron chi connectivity index (χ3n) is 3.36. The van der Waals surface area contributed by atoms with Crippen LogP contribution in [0.5, 0.6) is 11.5 Å². The molecule has 0 aliphatic rings. The highest BCUT2D eigenvalue weighted by atomic mass is 79.9. The largest absolute Gasteiger partial charge is 0.493 e. The number of carbonyl (C=O) groups is 1. The molecule has 0 unspecified atom stereocenters. The number of aldehydes is 1. The minimum Gasteiger partial charge on any atom is -0.493 e. The molecule has 3 rings (SSSR count). The van der Waals surface area contributed by atoms with Crippen molar-refractivity contribution in [3.63, 3.8) is 0 Å². The number of halogens is 1. The maximum Gasteiger partial charge on any atom is 0.162 e. The molecular formula is C18H14BrNO3S. The van der Waals surface area contributed by atoms with Crippen LogP contribution in [0, 0.1) is 0 Å². The van der Waals surface area contributed by atoms with E-state index in [9.17, 15) is 4.79 Å². The molecule has 0 fully saturated rings. The SMILES string of the molecule is COc1cc(Br)c(C=O)cc1OCc1csc(-c2ccccc2)n1. The number of methoxy groups -OCH3 is 1. The molecule has 0 saturated carbocycles. The zero-order chi connectivity index (χ0) is 16.9. The Kier molecular flexibility index (Phi) is 5.27.